The predicted molar refractivity (Wildman–Crippen MR) is 168 cm³/mol. The number of allylic oxidation sites excluding steroid dienone is 2. The molecule has 0 amide bonds. The zero-order chi connectivity index (χ0) is 29.4. The average molecular weight is 567 g/mol. The van der Waals surface area contributed by atoms with E-state index in [1.807, 2.05) is 0 Å². The zero-order valence-corrected chi connectivity index (χ0v) is 26.6. The van der Waals surface area contributed by atoms with Crippen molar-refractivity contribution in [1.29, 1.82) is 0 Å². The van der Waals surface area contributed by atoms with E-state index in [0.29, 0.717) is 12.8 Å². The fourth-order valence-corrected chi connectivity index (χ4v) is 4.84. The molecule has 0 aromatic heterocycles. The van der Waals surface area contributed by atoms with Crippen LogP contribution in [-0.2, 0) is 19.1 Å². The molecule has 0 unspecified atom stereocenters. The number of ether oxygens (including phenoxy) is 2. The van der Waals surface area contributed by atoms with Gasteiger partial charge in [0.2, 0.25) is 0 Å². The molecule has 0 rings (SSSR count). The van der Waals surface area contributed by atoms with Crippen molar-refractivity contribution in [2.45, 2.75) is 187 Å². The molecule has 0 fully saturated rings. The van der Waals surface area contributed by atoms with E-state index in [1.165, 1.54) is 116 Å². The van der Waals surface area contributed by atoms with Gasteiger partial charge >= 0.3 is 11.9 Å². The summed E-state index contributed by atoms with van der Waals surface area (Å²) in [5.74, 6) is -0.566. The number of esters is 2. The molecule has 0 aromatic carbocycles. The minimum atomic E-state index is -0.957. The lowest BCUT2D eigenvalue weighted by Crippen LogP contribution is -2.25. The molecule has 0 aromatic rings. The van der Waals surface area contributed by atoms with Crippen molar-refractivity contribution < 1.29 is 24.2 Å². The summed E-state index contributed by atoms with van der Waals surface area (Å²) in [6, 6.07) is 0. The first-order chi connectivity index (χ1) is 19.6. The number of carbonyl (C=O) groups is 2. The van der Waals surface area contributed by atoms with Crippen LogP contribution < -0.4 is 0 Å². The molecule has 0 saturated heterocycles. The van der Waals surface area contributed by atoms with E-state index in [0.717, 1.165) is 38.5 Å². The molecule has 5 heteroatoms. The van der Waals surface area contributed by atoms with E-state index in [-0.39, 0.29) is 25.2 Å². The Morgan fingerprint density at radius 1 is 0.500 bits per heavy atom. The van der Waals surface area contributed by atoms with Gasteiger partial charge in [0.25, 0.3) is 0 Å². The fourth-order valence-electron chi connectivity index (χ4n) is 4.84. The molecule has 0 radical (unpaired) electrons. The highest BCUT2D eigenvalue weighted by Gasteiger charge is 2.12. The van der Waals surface area contributed by atoms with Crippen molar-refractivity contribution in [1.82, 2.24) is 0 Å². The molecule has 0 spiro atoms. The molecule has 236 valence electrons. The quantitative estimate of drug-likeness (QED) is 0.0513. The molecule has 1 atom stereocenters. The molecule has 1 N–H and O–H groups in total. The highest BCUT2D eigenvalue weighted by molar-refractivity contribution is 5.69. The number of hydrogen-bond donors (Lipinski definition) is 1. The lowest BCUT2D eigenvalue weighted by Gasteiger charge is -2.12. The van der Waals surface area contributed by atoms with Gasteiger partial charge in [0, 0.05) is 12.8 Å². The summed E-state index contributed by atoms with van der Waals surface area (Å²) < 4.78 is 10.3. The Morgan fingerprint density at radius 3 is 1.18 bits per heavy atom. The van der Waals surface area contributed by atoms with Crippen LogP contribution in [0.25, 0.3) is 0 Å². The number of carbonyl (C=O) groups excluding carboxylic acids is 2. The van der Waals surface area contributed by atoms with Gasteiger partial charge in [0.1, 0.15) is 19.3 Å². The van der Waals surface area contributed by atoms with Gasteiger partial charge in [-0.15, -0.1) is 0 Å². The van der Waals surface area contributed by atoms with Crippen LogP contribution in [0.5, 0.6) is 0 Å². The van der Waals surface area contributed by atoms with Crippen molar-refractivity contribution in [3.63, 3.8) is 0 Å². The molecule has 0 bridgehead atoms. The van der Waals surface area contributed by atoms with Gasteiger partial charge in [-0.3, -0.25) is 9.59 Å². The Kier molecular flexibility index (Phi) is 31.1. The van der Waals surface area contributed by atoms with E-state index in [1.54, 1.807) is 0 Å². The number of aliphatic hydroxyl groups is 1. The monoisotopic (exact) mass is 566 g/mol. The van der Waals surface area contributed by atoms with Crippen molar-refractivity contribution in [3.05, 3.63) is 12.2 Å². The van der Waals surface area contributed by atoms with Gasteiger partial charge in [-0.25, -0.2) is 0 Å². The Hall–Kier alpha value is -1.36. The van der Waals surface area contributed by atoms with Crippen molar-refractivity contribution in [2.75, 3.05) is 13.2 Å². The first kappa shape index (κ1) is 38.6. The van der Waals surface area contributed by atoms with Crippen LogP contribution in [0.4, 0.5) is 0 Å². The van der Waals surface area contributed by atoms with Crippen LogP contribution in [0.1, 0.15) is 181 Å². The third kappa shape index (κ3) is 31.2. The first-order valence-corrected chi connectivity index (χ1v) is 17.2. The van der Waals surface area contributed by atoms with E-state index < -0.39 is 6.10 Å². The Morgan fingerprint density at radius 2 is 0.800 bits per heavy atom. The van der Waals surface area contributed by atoms with Gasteiger partial charge in [0.05, 0.1) is 0 Å². The Labute approximate surface area is 248 Å². The normalized spacial score (nSPS) is 12.2. The summed E-state index contributed by atoms with van der Waals surface area (Å²) in [5, 5.41) is 9.95. The third-order valence-corrected chi connectivity index (χ3v) is 7.50. The van der Waals surface area contributed by atoms with E-state index in [9.17, 15) is 14.7 Å². The molecule has 0 saturated carbocycles. The molecule has 0 heterocycles. The van der Waals surface area contributed by atoms with Crippen LogP contribution in [0.3, 0.4) is 0 Å². The SMILES string of the molecule is CCCCCC/C=C/CCCCCCCCCC(=O)OC[C@@H](O)COC(=O)CCCCCCCCCCCCC. The minimum Gasteiger partial charge on any atom is -0.463 e. The second-order valence-electron chi connectivity index (χ2n) is 11.6. The van der Waals surface area contributed by atoms with Crippen LogP contribution in [-0.4, -0.2) is 36.4 Å². The fraction of sp³-hybridized carbons (Fsp3) is 0.886. The molecule has 0 aliphatic rings. The summed E-state index contributed by atoms with van der Waals surface area (Å²) in [4.78, 5) is 23.8. The molecule has 40 heavy (non-hydrogen) atoms. The van der Waals surface area contributed by atoms with E-state index in [4.69, 9.17) is 9.47 Å². The highest BCUT2D eigenvalue weighted by atomic mass is 16.6. The van der Waals surface area contributed by atoms with E-state index in [2.05, 4.69) is 26.0 Å². The van der Waals surface area contributed by atoms with Crippen LogP contribution >= 0.6 is 0 Å². The maximum absolute atomic E-state index is 11.9. The zero-order valence-electron chi connectivity index (χ0n) is 26.6. The van der Waals surface area contributed by atoms with Gasteiger partial charge in [-0.1, -0.05) is 142 Å². The summed E-state index contributed by atoms with van der Waals surface area (Å²) in [6.07, 6.45) is 34.0. The van der Waals surface area contributed by atoms with Crippen molar-refractivity contribution in [3.8, 4) is 0 Å². The Balaban J connectivity index is 3.42. The summed E-state index contributed by atoms with van der Waals surface area (Å²) in [6.45, 7) is 4.27. The number of unbranched alkanes of at least 4 members (excludes halogenated alkanes) is 21. The smallest absolute Gasteiger partial charge is 0.305 e. The van der Waals surface area contributed by atoms with Gasteiger partial charge in [0.15, 0.2) is 0 Å². The lowest BCUT2D eigenvalue weighted by molar-refractivity contribution is -0.152. The topological polar surface area (TPSA) is 72.8 Å². The lowest BCUT2D eigenvalue weighted by atomic mass is 10.1. The maximum Gasteiger partial charge on any atom is 0.305 e. The van der Waals surface area contributed by atoms with Crippen LogP contribution in [0.15, 0.2) is 12.2 Å². The molecular formula is C35H66O5. The molecule has 0 aliphatic carbocycles. The predicted octanol–water partition coefficient (Wildman–Crippen LogP) is 10.2. The summed E-state index contributed by atoms with van der Waals surface area (Å²) >= 11 is 0. The largest absolute Gasteiger partial charge is 0.463 e. The maximum atomic E-state index is 11.9. The van der Waals surface area contributed by atoms with E-state index >= 15 is 0 Å². The molecule has 5 nitrogen and oxygen atoms in total. The van der Waals surface area contributed by atoms with Gasteiger partial charge < -0.3 is 14.6 Å². The second-order valence-corrected chi connectivity index (χ2v) is 11.6. The molecular weight excluding hydrogens is 500 g/mol. The first-order valence-electron chi connectivity index (χ1n) is 17.2. The van der Waals surface area contributed by atoms with Crippen molar-refractivity contribution >= 4 is 11.9 Å². The van der Waals surface area contributed by atoms with Crippen LogP contribution in [0.2, 0.25) is 0 Å². The average Bonchev–Trinajstić information content (AvgIpc) is 2.95. The summed E-state index contributed by atoms with van der Waals surface area (Å²) in [7, 11) is 0. The minimum absolute atomic E-state index is 0.112. The van der Waals surface area contributed by atoms with Gasteiger partial charge in [-0.05, 0) is 38.5 Å². The molecule has 0 aliphatic heterocycles. The number of rotatable bonds is 31. The van der Waals surface area contributed by atoms with Gasteiger partial charge in [-0.2, -0.15) is 0 Å². The van der Waals surface area contributed by atoms with Crippen molar-refractivity contribution in [2.24, 2.45) is 0 Å². The van der Waals surface area contributed by atoms with Crippen LogP contribution in [0, 0.1) is 0 Å². The third-order valence-electron chi connectivity index (χ3n) is 7.50. The Bertz CT molecular complexity index is 574. The standard InChI is InChI=1S/C35H66O5/c1-3-5-7-9-11-13-15-16-17-18-20-22-24-26-28-30-35(38)40-32-33(36)31-39-34(37)29-27-25-23-21-19-14-12-10-8-6-4-2/h13,15,33,36H,3-12,14,16-32H2,1-2H3/b15-13+/t33-/m0/s1. The number of hydrogen-bond acceptors (Lipinski definition) is 5. The second kappa shape index (κ2) is 32.2. The highest BCUT2D eigenvalue weighted by Crippen LogP contribution is 2.13. The number of aliphatic hydroxyl groups excluding tert-OH is 1. The summed E-state index contributed by atoms with van der Waals surface area (Å²) in [5.41, 5.74) is 0.